The summed E-state index contributed by atoms with van der Waals surface area (Å²) in [5.41, 5.74) is 0.484. The molecule has 1 aliphatic heterocycles. The Bertz CT molecular complexity index is 791. The molecule has 1 amide bonds. The largest absolute Gasteiger partial charge is 0.466 e. The lowest BCUT2D eigenvalue weighted by molar-refractivity contribution is -0.151. The summed E-state index contributed by atoms with van der Waals surface area (Å²) in [5, 5.41) is 0.451. The molecule has 0 aromatic heterocycles. The fourth-order valence-electron chi connectivity index (χ4n) is 3.27. The minimum atomic E-state index is -3.48. The van der Waals surface area contributed by atoms with Gasteiger partial charge >= 0.3 is 5.97 Å². The van der Waals surface area contributed by atoms with Gasteiger partial charge in [0.15, 0.2) is 0 Å². The number of anilines is 1. The molecule has 2 rings (SSSR count). The van der Waals surface area contributed by atoms with E-state index < -0.39 is 10.0 Å². The van der Waals surface area contributed by atoms with Crippen molar-refractivity contribution in [1.82, 2.24) is 4.90 Å². The number of rotatable bonds is 8. The van der Waals surface area contributed by atoms with Crippen molar-refractivity contribution < 1.29 is 22.7 Å². The van der Waals surface area contributed by atoms with Gasteiger partial charge in [-0.05, 0) is 44.4 Å². The zero-order valence-electron chi connectivity index (χ0n) is 16.3. The molecule has 1 aliphatic rings. The maximum atomic E-state index is 12.4. The Labute approximate surface area is 171 Å². The number of hydrogen-bond donors (Lipinski definition) is 0. The minimum Gasteiger partial charge on any atom is -0.466 e. The Morgan fingerprint density at radius 3 is 2.54 bits per heavy atom. The first kappa shape index (κ1) is 22.5. The third kappa shape index (κ3) is 6.38. The molecular weight excluding hydrogens is 404 g/mol. The Balaban J connectivity index is 1.86. The first-order valence-corrected chi connectivity index (χ1v) is 11.6. The van der Waals surface area contributed by atoms with Gasteiger partial charge in [0.05, 0.1) is 24.5 Å². The number of hydrogen-bond acceptors (Lipinski definition) is 5. The van der Waals surface area contributed by atoms with Crippen molar-refractivity contribution in [3.8, 4) is 0 Å². The molecule has 0 bridgehead atoms. The second-order valence-electron chi connectivity index (χ2n) is 6.83. The average molecular weight is 431 g/mol. The molecule has 28 heavy (non-hydrogen) atoms. The number of halogens is 1. The highest BCUT2D eigenvalue weighted by molar-refractivity contribution is 7.92. The smallest absolute Gasteiger partial charge is 0.309 e. The van der Waals surface area contributed by atoms with Crippen molar-refractivity contribution in [3.05, 3.63) is 29.3 Å². The molecule has 1 heterocycles. The van der Waals surface area contributed by atoms with Crippen molar-refractivity contribution in [2.24, 2.45) is 5.92 Å². The molecule has 9 heteroatoms. The van der Waals surface area contributed by atoms with Crippen LogP contribution in [-0.2, 0) is 24.3 Å². The maximum Gasteiger partial charge on any atom is 0.309 e. The quantitative estimate of drug-likeness (QED) is 0.592. The normalized spacial score (nSPS) is 15.3. The van der Waals surface area contributed by atoms with Crippen molar-refractivity contribution in [2.45, 2.75) is 32.6 Å². The molecule has 0 unspecified atom stereocenters. The molecule has 0 N–H and O–H groups in total. The lowest BCUT2D eigenvalue weighted by atomic mass is 9.97. The number of carbonyl (C=O) groups excluding carboxylic acids is 2. The number of ether oxygens (including phenoxy) is 1. The van der Waals surface area contributed by atoms with E-state index in [-0.39, 0.29) is 30.8 Å². The predicted molar refractivity (Wildman–Crippen MR) is 109 cm³/mol. The number of likely N-dealkylation sites (tertiary alicyclic amines) is 1. The summed E-state index contributed by atoms with van der Waals surface area (Å²) >= 11 is 5.96. The van der Waals surface area contributed by atoms with Crippen LogP contribution in [0.15, 0.2) is 24.3 Å². The van der Waals surface area contributed by atoms with Gasteiger partial charge < -0.3 is 9.64 Å². The first-order chi connectivity index (χ1) is 13.2. The number of nitrogens with zero attached hydrogens (tertiary/aromatic N) is 2. The maximum absolute atomic E-state index is 12.4. The van der Waals surface area contributed by atoms with Gasteiger partial charge in [0, 0.05) is 31.1 Å². The van der Waals surface area contributed by atoms with E-state index in [1.54, 1.807) is 36.1 Å². The SMILES string of the molecule is CCOC(=O)C1CCN(C(=O)CCCN(c2cccc(Cl)c2)S(C)(=O)=O)CC1. The highest BCUT2D eigenvalue weighted by Crippen LogP contribution is 2.23. The van der Waals surface area contributed by atoms with Crippen LogP contribution in [0.1, 0.15) is 32.6 Å². The highest BCUT2D eigenvalue weighted by atomic mass is 35.5. The van der Waals surface area contributed by atoms with E-state index in [4.69, 9.17) is 16.3 Å². The van der Waals surface area contributed by atoms with Gasteiger partial charge in [-0.1, -0.05) is 17.7 Å². The summed E-state index contributed by atoms with van der Waals surface area (Å²) in [7, 11) is -3.48. The Kier molecular flexibility index (Phi) is 8.12. The lowest BCUT2D eigenvalue weighted by Gasteiger charge is -2.31. The number of amides is 1. The van der Waals surface area contributed by atoms with Crippen LogP contribution in [0.25, 0.3) is 0 Å². The van der Waals surface area contributed by atoms with E-state index in [1.165, 1.54) is 4.31 Å². The Morgan fingerprint density at radius 2 is 1.96 bits per heavy atom. The van der Waals surface area contributed by atoms with Crippen LogP contribution in [-0.4, -0.2) is 57.7 Å². The van der Waals surface area contributed by atoms with Gasteiger partial charge in [0.2, 0.25) is 15.9 Å². The molecule has 1 saturated heterocycles. The zero-order chi connectivity index (χ0) is 20.7. The molecule has 1 fully saturated rings. The highest BCUT2D eigenvalue weighted by Gasteiger charge is 2.28. The van der Waals surface area contributed by atoms with Crippen molar-refractivity contribution in [1.29, 1.82) is 0 Å². The summed E-state index contributed by atoms with van der Waals surface area (Å²) in [6.45, 7) is 3.38. The third-order valence-corrected chi connectivity index (χ3v) is 6.15. The van der Waals surface area contributed by atoms with Crippen molar-refractivity contribution >= 4 is 39.2 Å². The van der Waals surface area contributed by atoms with E-state index in [1.807, 2.05) is 0 Å². The standard InChI is InChI=1S/C19H27ClN2O5S/c1-3-27-19(24)15-9-12-21(13-10-15)18(23)8-5-11-22(28(2,25)26)17-7-4-6-16(20)14-17/h4,6-7,14-15H,3,5,8-13H2,1-2H3. The monoisotopic (exact) mass is 430 g/mol. The summed E-state index contributed by atoms with van der Waals surface area (Å²) in [4.78, 5) is 26.0. The van der Waals surface area contributed by atoms with Crippen molar-refractivity contribution in [3.63, 3.8) is 0 Å². The first-order valence-electron chi connectivity index (χ1n) is 9.40. The van der Waals surface area contributed by atoms with Crippen LogP contribution >= 0.6 is 11.6 Å². The molecule has 0 atom stereocenters. The van der Waals surface area contributed by atoms with Gasteiger partial charge in [-0.2, -0.15) is 0 Å². The van der Waals surface area contributed by atoms with Crippen molar-refractivity contribution in [2.75, 3.05) is 36.8 Å². The van der Waals surface area contributed by atoms with Gasteiger partial charge in [0.1, 0.15) is 0 Å². The van der Waals surface area contributed by atoms with Gasteiger partial charge in [-0.3, -0.25) is 13.9 Å². The van der Waals surface area contributed by atoms with E-state index >= 15 is 0 Å². The number of esters is 1. The number of piperidine rings is 1. The van der Waals surface area contributed by atoms with E-state index in [0.29, 0.717) is 49.7 Å². The van der Waals surface area contributed by atoms with Crippen LogP contribution in [0.4, 0.5) is 5.69 Å². The van der Waals surface area contributed by atoms with Gasteiger partial charge in [-0.15, -0.1) is 0 Å². The molecule has 7 nitrogen and oxygen atoms in total. The van der Waals surface area contributed by atoms with Crippen LogP contribution in [0, 0.1) is 5.92 Å². The van der Waals surface area contributed by atoms with Crippen LogP contribution in [0.2, 0.25) is 5.02 Å². The molecule has 0 saturated carbocycles. The molecule has 0 aliphatic carbocycles. The lowest BCUT2D eigenvalue weighted by Crippen LogP contribution is -2.41. The van der Waals surface area contributed by atoms with E-state index in [0.717, 1.165) is 6.26 Å². The van der Waals surface area contributed by atoms with Crippen LogP contribution in [0.3, 0.4) is 0 Å². The Morgan fingerprint density at radius 1 is 1.29 bits per heavy atom. The fraction of sp³-hybridized carbons (Fsp3) is 0.579. The molecular formula is C19H27ClN2O5S. The zero-order valence-corrected chi connectivity index (χ0v) is 17.8. The molecule has 156 valence electrons. The molecule has 0 spiro atoms. The number of sulfonamides is 1. The second-order valence-corrected chi connectivity index (χ2v) is 9.17. The summed E-state index contributed by atoms with van der Waals surface area (Å²) < 4.78 is 30.5. The second kappa shape index (κ2) is 10.1. The van der Waals surface area contributed by atoms with Gasteiger partial charge in [-0.25, -0.2) is 8.42 Å². The number of carbonyl (C=O) groups is 2. The number of benzene rings is 1. The average Bonchev–Trinajstić information content (AvgIpc) is 2.64. The van der Waals surface area contributed by atoms with E-state index in [9.17, 15) is 18.0 Å². The fourth-order valence-corrected chi connectivity index (χ4v) is 4.42. The molecule has 1 aromatic carbocycles. The predicted octanol–water partition coefficient (Wildman–Crippen LogP) is 2.69. The minimum absolute atomic E-state index is 0.0261. The topological polar surface area (TPSA) is 84.0 Å². The Hall–Kier alpha value is -1.80. The summed E-state index contributed by atoms with van der Waals surface area (Å²) in [6, 6.07) is 6.63. The van der Waals surface area contributed by atoms with Gasteiger partial charge in [0.25, 0.3) is 0 Å². The molecule has 1 aromatic rings. The summed E-state index contributed by atoms with van der Waals surface area (Å²) in [6.07, 6.45) is 2.98. The van der Waals surface area contributed by atoms with Crippen LogP contribution in [0.5, 0.6) is 0 Å². The van der Waals surface area contributed by atoms with E-state index in [2.05, 4.69) is 0 Å². The molecule has 0 radical (unpaired) electrons. The third-order valence-electron chi connectivity index (χ3n) is 4.72. The summed E-state index contributed by atoms with van der Waals surface area (Å²) in [5.74, 6) is -0.366. The van der Waals surface area contributed by atoms with Crippen LogP contribution < -0.4 is 4.31 Å².